The lowest BCUT2D eigenvalue weighted by Gasteiger charge is -2.16. The molecular weight excluding hydrogens is 1410 g/mol. The van der Waals surface area contributed by atoms with Gasteiger partial charge >= 0.3 is 6.03 Å². The number of hydrogen-bond acceptors (Lipinski definition) is 6. The lowest BCUT2D eigenvalue weighted by Crippen LogP contribution is -2.36. The monoisotopic (exact) mass is 1570 g/mol. The van der Waals surface area contributed by atoms with Crippen LogP contribution in [0.15, 0.2) is 191 Å². The van der Waals surface area contributed by atoms with E-state index in [-0.39, 0.29) is 35.8 Å². The fourth-order valence-corrected chi connectivity index (χ4v) is 15.7. The smallest absolute Gasteiger partial charge is 0.315 e. The third kappa shape index (κ3) is 60.7. The summed E-state index contributed by atoms with van der Waals surface area (Å²) in [5.74, 6) is 1.00. The molecule has 2 fully saturated rings. The fraction of sp³-hybridized carbons (Fsp3) is 0.637. The standard InChI is InChI=1S/C102H166N6O4S/c1-80(2)41-26-42-81(3)43-27-44-82(4)45-28-46-83(5)47-29-48-84(6)49-30-50-85(7)51-31-52-86(8)53-32-54-87(9)55-33-56-88(10)57-34-58-89(11)59-35-60-90(12)61-36-62-91(13)63-37-64-92(14)65-38-66-93(15)67-39-68-94(16)69-40-70-95(17)75-78-105-108-100(111)74-21-19-25-77-103-98(109)72-20-18-24-76-104-99(110)73-23-22-71-97-101-96(79-113-97)106-102(112)107-101/h41,43,45,47,49,51,53,55,57,59,61,63,65,67,69,75,78,96-97,101H,18-40,42,44,46,48,50,52,54,56,58,60,62,64,66,68,70-74,76-77,79H2,1-17H3,(H,103,109)(H,104,110)(H,108,111)(H2,106,107,112)/b81-43+,82-45+,83-47-,84-49-,85-51-,86-53-,87-55-,88-57-,89-59-,90-61-,91-63-,92-65-,93-67-,94-69-,95-75-,105-78+/t96-,97-,101-/m0/s1. The molecule has 113 heavy (non-hydrogen) atoms. The number of nitrogens with one attached hydrogen (secondary N) is 5. The molecule has 11 heteroatoms. The van der Waals surface area contributed by atoms with E-state index in [4.69, 9.17) is 0 Å². The van der Waals surface area contributed by atoms with Crippen LogP contribution in [0.25, 0.3) is 0 Å². The predicted octanol–water partition coefficient (Wildman–Crippen LogP) is 29.0. The largest absolute Gasteiger partial charge is 0.356 e. The molecule has 2 aliphatic rings. The summed E-state index contributed by atoms with van der Waals surface area (Å²) < 4.78 is 0. The number of unbranched alkanes of at least 4 members (excludes halogenated alkanes) is 5. The molecule has 10 nitrogen and oxygen atoms in total. The van der Waals surface area contributed by atoms with E-state index in [0.29, 0.717) is 37.6 Å². The van der Waals surface area contributed by atoms with Crippen molar-refractivity contribution in [2.24, 2.45) is 5.10 Å². The van der Waals surface area contributed by atoms with Crippen LogP contribution in [-0.2, 0) is 14.4 Å². The van der Waals surface area contributed by atoms with Crippen LogP contribution in [0.5, 0.6) is 0 Å². The third-order valence-electron chi connectivity index (χ3n) is 22.0. The summed E-state index contributed by atoms with van der Waals surface area (Å²) in [7, 11) is 0. The number of hydrogen-bond donors (Lipinski definition) is 5. The van der Waals surface area contributed by atoms with Gasteiger partial charge in [0.15, 0.2) is 0 Å². The van der Waals surface area contributed by atoms with E-state index < -0.39 is 0 Å². The van der Waals surface area contributed by atoms with Gasteiger partial charge in [-0.1, -0.05) is 200 Å². The molecule has 3 atom stereocenters. The van der Waals surface area contributed by atoms with Crippen molar-refractivity contribution < 1.29 is 19.2 Å². The van der Waals surface area contributed by atoms with Gasteiger partial charge < -0.3 is 21.3 Å². The molecule has 5 N–H and O–H groups in total. The highest BCUT2D eigenvalue weighted by Crippen LogP contribution is 2.33. The van der Waals surface area contributed by atoms with Crippen LogP contribution in [0.3, 0.4) is 0 Å². The molecule has 0 saturated carbocycles. The zero-order chi connectivity index (χ0) is 83.1. The van der Waals surface area contributed by atoms with Crippen LogP contribution in [0, 0.1) is 0 Å². The molecule has 5 amide bonds. The Kier molecular flexibility index (Phi) is 60.5. The first-order valence-corrected chi connectivity index (χ1v) is 45.8. The summed E-state index contributed by atoms with van der Waals surface area (Å²) >= 11 is 1.91. The van der Waals surface area contributed by atoms with E-state index in [9.17, 15) is 19.2 Å². The molecule has 0 bridgehead atoms. The van der Waals surface area contributed by atoms with Gasteiger partial charge in [0, 0.05) is 49.6 Å². The molecule has 2 saturated heterocycles. The van der Waals surface area contributed by atoms with Crippen molar-refractivity contribution in [1.29, 1.82) is 0 Å². The molecule has 2 heterocycles. The minimum Gasteiger partial charge on any atom is -0.356 e. The fourth-order valence-electron chi connectivity index (χ4n) is 14.2. The maximum absolute atomic E-state index is 12.3. The van der Waals surface area contributed by atoms with Crippen molar-refractivity contribution in [2.75, 3.05) is 18.8 Å². The Morgan fingerprint density at radius 2 is 0.575 bits per heavy atom. The van der Waals surface area contributed by atoms with Gasteiger partial charge in [0.25, 0.3) is 0 Å². The highest BCUT2D eigenvalue weighted by Gasteiger charge is 2.42. The number of carbonyl (C=O) groups excluding carboxylic acids is 4. The zero-order valence-corrected chi connectivity index (χ0v) is 76.2. The van der Waals surface area contributed by atoms with Gasteiger partial charge in [-0.3, -0.25) is 14.4 Å². The summed E-state index contributed by atoms with van der Waals surface area (Å²) in [6.07, 6.45) is 83.6. The Balaban J connectivity index is 1.46. The Hall–Kier alpha value is -6.46. The molecule has 0 unspecified atom stereocenters. The highest BCUT2D eigenvalue weighted by atomic mass is 32.2. The molecule has 0 aromatic heterocycles. The van der Waals surface area contributed by atoms with E-state index in [1.54, 1.807) is 6.21 Å². The maximum atomic E-state index is 12.3. The van der Waals surface area contributed by atoms with E-state index >= 15 is 0 Å². The molecule has 2 aliphatic heterocycles. The minimum atomic E-state index is -0.0960. The quantitative estimate of drug-likeness (QED) is 0.0136. The number of rotatable bonds is 64. The summed E-state index contributed by atoms with van der Waals surface area (Å²) in [6, 6.07) is 0.398. The highest BCUT2D eigenvalue weighted by molar-refractivity contribution is 8.00. The number of amides is 5. The van der Waals surface area contributed by atoms with Crippen molar-refractivity contribution >= 4 is 41.7 Å². The Morgan fingerprint density at radius 3 is 0.858 bits per heavy atom. The summed E-state index contributed by atoms with van der Waals surface area (Å²) in [4.78, 5) is 48.4. The van der Waals surface area contributed by atoms with Crippen molar-refractivity contribution in [3.8, 4) is 0 Å². The summed E-state index contributed by atoms with van der Waals surface area (Å²) in [5.41, 5.74) is 26.4. The van der Waals surface area contributed by atoms with Gasteiger partial charge in [-0.2, -0.15) is 16.9 Å². The zero-order valence-electron chi connectivity index (χ0n) is 75.4. The second-order valence-electron chi connectivity index (χ2n) is 34.1. The van der Waals surface area contributed by atoms with Crippen LogP contribution in [0.2, 0.25) is 0 Å². The van der Waals surface area contributed by atoms with E-state index in [2.05, 4.69) is 241 Å². The molecule has 0 aromatic carbocycles. The van der Waals surface area contributed by atoms with Crippen LogP contribution < -0.4 is 26.7 Å². The predicted molar refractivity (Wildman–Crippen MR) is 498 cm³/mol. The molecule has 2 rings (SSSR count). The number of fused-ring (bicyclic) bond motifs is 1. The van der Waals surface area contributed by atoms with Crippen molar-refractivity contribution in [2.45, 2.75) is 405 Å². The lowest BCUT2D eigenvalue weighted by atomic mass is 10.0. The van der Waals surface area contributed by atoms with Crippen LogP contribution >= 0.6 is 11.8 Å². The normalized spacial score (nSPS) is 17.2. The van der Waals surface area contributed by atoms with Crippen LogP contribution in [-0.4, -0.2) is 66.1 Å². The molecule has 0 spiro atoms. The van der Waals surface area contributed by atoms with Crippen LogP contribution in [0.4, 0.5) is 4.79 Å². The minimum absolute atomic E-state index is 0.0539. The van der Waals surface area contributed by atoms with E-state index in [0.717, 1.165) is 230 Å². The summed E-state index contributed by atoms with van der Waals surface area (Å²) in [5, 5.41) is 16.6. The van der Waals surface area contributed by atoms with Gasteiger partial charge in [-0.15, -0.1) is 0 Å². The van der Waals surface area contributed by atoms with E-state index in [1.165, 1.54) is 115 Å². The first kappa shape index (κ1) is 103. The van der Waals surface area contributed by atoms with Crippen LogP contribution in [0.1, 0.15) is 387 Å². The molecule has 0 aliphatic carbocycles. The van der Waals surface area contributed by atoms with E-state index in [1.807, 2.05) is 17.8 Å². The topological polar surface area (TPSA) is 141 Å². The maximum Gasteiger partial charge on any atom is 0.315 e. The lowest BCUT2D eigenvalue weighted by molar-refractivity contribution is -0.122. The van der Waals surface area contributed by atoms with Gasteiger partial charge in [-0.05, 0) is 355 Å². The first-order valence-electron chi connectivity index (χ1n) is 44.8. The number of allylic oxidation sites excluding steroid dienone is 32. The average Bonchev–Trinajstić information content (AvgIpc) is 1.67. The van der Waals surface area contributed by atoms with Gasteiger partial charge in [0.05, 0.1) is 12.1 Å². The molecule has 0 radical (unpaired) electrons. The molecule has 0 aromatic rings. The number of urea groups is 1. The number of thioether (sulfide) groups is 1. The third-order valence-corrected chi connectivity index (χ3v) is 23.5. The number of hydrazone groups is 1. The molecule has 634 valence electrons. The Bertz CT molecular complexity index is 3320. The Morgan fingerprint density at radius 1 is 0.319 bits per heavy atom. The number of nitrogens with zero attached hydrogens (tertiary/aromatic N) is 1. The second-order valence-corrected chi connectivity index (χ2v) is 35.4. The van der Waals surface area contributed by atoms with Gasteiger partial charge in [-0.25, -0.2) is 10.2 Å². The van der Waals surface area contributed by atoms with Crippen molar-refractivity contribution in [1.82, 2.24) is 26.7 Å². The average molecular weight is 1570 g/mol. The molecular formula is C102H166N6O4S. The second kappa shape index (κ2) is 66.7. The number of carbonyl (C=O) groups is 4. The SMILES string of the molecule is CC(C)=CCC/C(C)=C/CC/C(C)=C/CC/C(C)=C\CC/C(C)=C\CC/C(C)=C\CC/C(C)=C\CC/C(C)=C\CC/C(C)=C\CC/C(C)=C\CC/C(C)=C\CC/C(C)=C\CC/C(C)=C\CC/C(C)=C\CC/C(C)=C\CC/C(C)=C\C=N\NC(=O)CCCCCNC(=O)CCCCCNC(=O)CCCC[C@@H]1SC[C@@H]2NC(=O)N[C@@H]21. The van der Waals surface area contributed by atoms with Crippen molar-refractivity contribution in [3.63, 3.8) is 0 Å². The van der Waals surface area contributed by atoms with Gasteiger partial charge in [0.1, 0.15) is 0 Å². The summed E-state index contributed by atoms with van der Waals surface area (Å²) in [6.45, 7) is 39.9. The first-order chi connectivity index (χ1) is 54.3. The van der Waals surface area contributed by atoms with Crippen molar-refractivity contribution in [3.05, 3.63) is 186 Å². The Labute approximate surface area is 698 Å². The van der Waals surface area contributed by atoms with Gasteiger partial charge in [0.2, 0.25) is 17.7 Å².